The highest BCUT2D eigenvalue weighted by Crippen LogP contribution is 2.39. The van der Waals surface area contributed by atoms with Gasteiger partial charge in [0.1, 0.15) is 12.1 Å². The Morgan fingerprint density at radius 2 is 1.89 bits per heavy atom. The molecule has 2 aromatic rings. The molecule has 1 heterocycles. The summed E-state index contributed by atoms with van der Waals surface area (Å²) >= 11 is 1.72. The van der Waals surface area contributed by atoms with Crippen LogP contribution in [0.2, 0.25) is 0 Å². The molecule has 2 atom stereocenters. The number of nitrogens with one attached hydrogen (secondary N) is 2. The zero-order chi connectivity index (χ0) is 19.7. The van der Waals surface area contributed by atoms with Crippen molar-refractivity contribution in [3.05, 3.63) is 65.2 Å². The summed E-state index contributed by atoms with van der Waals surface area (Å²) in [6.45, 7) is 1.12. The number of quaternary nitrogens is 1. The average molecular weight is 397 g/mol. The highest BCUT2D eigenvalue weighted by molar-refractivity contribution is 7.98. The minimum atomic E-state index is -0.883. The van der Waals surface area contributed by atoms with E-state index in [1.54, 1.807) is 11.8 Å². The Morgan fingerprint density at radius 3 is 2.64 bits per heavy atom. The van der Waals surface area contributed by atoms with Crippen molar-refractivity contribution in [3.63, 3.8) is 0 Å². The van der Waals surface area contributed by atoms with Gasteiger partial charge in [-0.25, -0.2) is 9.69 Å². The summed E-state index contributed by atoms with van der Waals surface area (Å²) in [6, 6.07) is 16.2. The minimum Gasteiger partial charge on any atom is -0.319 e. The molecule has 0 radical (unpaired) electrons. The Labute approximate surface area is 170 Å². The molecular formula is C22H26N3O2S+. The summed E-state index contributed by atoms with van der Waals surface area (Å²) in [7, 11) is 2.02. The van der Waals surface area contributed by atoms with Gasteiger partial charge in [-0.1, -0.05) is 36.4 Å². The molecule has 0 bridgehead atoms. The van der Waals surface area contributed by atoms with Crippen molar-refractivity contribution in [2.24, 2.45) is 0 Å². The summed E-state index contributed by atoms with van der Waals surface area (Å²) in [5.74, 6) is -0.110. The second kappa shape index (κ2) is 7.60. The summed E-state index contributed by atoms with van der Waals surface area (Å²) in [5, 5.41) is 3.03. The van der Waals surface area contributed by atoms with Gasteiger partial charge in [-0.3, -0.25) is 4.79 Å². The Kier molecular flexibility index (Phi) is 5.17. The number of thioether (sulfide) groups is 1. The predicted molar refractivity (Wildman–Crippen MR) is 110 cm³/mol. The molecule has 0 saturated carbocycles. The molecule has 5 nitrogen and oxygen atoms in total. The first-order valence-corrected chi connectivity index (χ1v) is 10.9. The number of rotatable bonds is 5. The molecule has 2 aromatic carbocycles. The first-order chi connectivity index (χ1) is 13.5. The number of imide groups is 1. The van der Waals surface area contributed by atoms with Gasteiger partial charge in [-0.05, 0) is 48.8 Å². The maximum atomic E-state index is 13.4. The zero-order valence-electron chi connectivity index (χ0n) is 16.3. The van der Waals surface area contributed by atoms with E-state index in [9.17, 15) is 9.59 Å². The number of nitrogens with zero attached hydrogens (tertiary/aromatic N) is 1. The van der Waals surface area contributed by atoms with E-state index < -0.39 is 5.54 Å². The van der Waals surface area contributed by atoms with Crippen LogP contribution in [0.3, 0.4) is 0 Å². The van der Waals surface area contributed by atoms with Gasteiger partial charge in [-0.15, -0.1) is 11.8 Å². The lowest BCUT2D eigenvalue weighted by Crippen LogP contribution is -3.09. The average Bonchev–Trinajstić information content (AvgIpc) is 2.94. The van der Waals surface area contributed by atoms with Crippen molar-refractivity contribution in [3.8, 4) is 0 Å². The van der Waals surface area contributed by atoms with Gasteiger partial charge in [0.05, 0.1) is 7.05 Å². The second-order valence-corrected chi connectivity index (χ2v) is 8.60. The molecule has 0 aromatic heterocycles. The van der Waals surface area contributed by atoms with Crippen molar-refractivity contribution in [2.45, 2.75) is 36.2 Å². The first kappa shape index (κ1) is 19.0. The molecule has 146 valence electrons. The van der Waals surface area contributed by atoms with Crippen LogP contribution in [-0.4, -0.2) is 36.8 Å². The third-order valence-corrected chi connectivity index (χ3v) is 6.49. The van der Waals surface area contributed by atoms with Crippen LogP contribution in [0.25, 0.3) is 0 Å². The minimum absolute atomic E-state index is 0.110. The molecule has 1 unspecified atom stereocenters. The standard InChI is InChI=1S/C22H25N3O2S/c1-24(14-16-9-11-18(28-2)12-10-16)15-25-20(26)22(23-21(25)27)13-5-7-17-6-3-4-8-19(17)22/h3-4,6,8-12H,5,7,13-15H2,1-2H3,(H,23,27)/p+1/t22-/m0/s1. The molecular weight excluding hydrogens is 370 g/mol. The third kappa shape index (κ3) is 3.31. The molecule has 6 heteroatoms. The van der Waals surface area contributed by atoms with Gasteiger partial charge in [-0.2, -0.15) is 0 Å². The number of fused-ring (bicyclic) bond motifs is 2. The molecule has 1 saturated heterocycles. The lowest BCUT2D eigenvalue weighted by Gasteiger charge is -2.33. The van der Waals surface area contributed by atoms with E-state index >= 15 is 0 Å². The fraction of sp³-hybridized carbons (Fsp3) is 0.364. The largest absolute Gasteiger partial charge is 0.329 e. The maximum absolute atomic E-state index is 13.4. The van der Waals surface area contributed by atoms with Crippen molar-refractivity contribution < 1.29 is 14.5 Å². The molecule has 3 amide bonds. The van der Waals surface area contributed by atoms with Crippen molar-refractivity contribution in [2.75, 3.05) is 20.0 Å². The lowest BCUT2D eigenvalue weighted by molar-refractivity contribution is -0.901. The predicted octanol–water partition coefficient (Wildman–Crippen LogP) is 2.16. The Morgan fingerprint density at radius 1 is 1.14 bits per heavy atom. The highest BCUT2D eigenvalue weighted by Gasteiger charge is 2.54. The second-order valence-electron chi connectivity index (χ2n) is 7.72. The Balaban J connectivity index is 1.50. The number of hydrogen-bond donors (Lipinski definition) is 2. The summed E-state index contributed by atoms with van der Waals surface area (Å²) in [5.41, 5.74) is 2.44. The van der Waals surface area contributed by atoms with Gasteiger partial charge in [0.2, 0.25) is 0 Å². The number of hydrogen-bond acceptors (Lipinski definition) is 3. The smallest absolute Gasteiger partial charge is 0.319 e. The van der Waals surface area contributed by atoms with E-state index in [0.29, 0.717) is 13.1 Å². The number of aryl methyl sites for hydroxylation is 1. The lowest BCUT2D eigenvalue weighted by atomic mass is 9.76. The molecule has 1 aliphatic carbocycles. The van der Waals surface area contributed by atoms with Crippen molar-refractivity contribution in [1.82, 2.24) is 10.2 Å². The van der Waals surface area contributed by atoms with Crippen LogP contribution in [0.1, 0.15) is 29.5 Å². The zero-order valence-corrected chi connectivity index (χ0v) is 17.1. The summed E-state index contributed by atoms with van der Waals surface area (Å²) in [6.07, 6.45) is 4.59. The maximum Gasteiger partial charge on any atom is 0.329 e. The molecule has 2 N–H and O–H groups in total. The fourth-order valence-corrected chi connectivity index (χ4v) is 4.78. The van der Waals surface area contributed by atoms with Gasteiger partial charge in [0.25, 0.3) is 5.91 Å². The monoisotopic (exact) mass is 396 g/mol. The third-order valence-electron chi connectivity index (χ3n) is 5.74. The number of benzene rings is 2. The highest BCUT2D eigenvalue weighted by atomic mass is 32.2. The molecule has 1 fully saturated rings. The normalized spacial score (nSPS) is 22.3. The molecule has 2 aliphatic rings. The van der Waals surface area contributed by atoms with Crippen molar-refractivity contribution >= 4 is 23.7 Å². The van der Waals surface area contributed by atoms with Crippen LogP contribution in [0, 0.1) is 0 Å². The van der Waals surface area contributed by atoms with Crippen molar-refractivity contribution in [1.29, 1.82) is 0 Å². The van der Waals surface area contributed by atoms with E-state index in [2.05, 4.69) is 41.9 Å². The van der Waals surface area contributed by atoms with Gasteiger partial charge >= 0.3 is 6.03 Å². The van der Waals surface area contributed by atoms with Crippen LogP contribution in [0.15, 0.2) is 53.4 Å². The van der Waals surface area contributed by atoms with Crippen LogP contribution in [0.5, 0.6) is 0 Å². The fourth-order valence-electron chi connectivity index (χ4n) is 4.37. The van der Waals surface area contributed by atoms with Crippen LogP contribution >= 0.6 is 11.8 Å². The van der Waals surface area contributed by atoms with Gasteiger partial charge in [0.15, 0.2) is 6.67 Å². The molecule has 1 spiro atoms. The SMILES string of the molecule is CSc1ccc(C[NH+](C)CN2C(=O)N[C@]3(CCCc4ccccc43)C2=O)cc1. The Hall–Kier alpha value is -2.31. The number of amides is 3. The van der Waals surface area contributed by atoms with Gasteiger partial charge < -0.3 is 10.2 Å². The van der Waals surface area contributed by atoms with Gasteiger partial charge in [0, 0.05) is 10.5 Å². The number of carbonyl (C=O) groups excluding carboxylic acids is 2. The van der Waals surface area contributed by atoms with Crippen LogP contribution in [0.4, 0.5) is 4.79 Å². The topological polar surface area (TPSA) is 53.9 Å². The molecule has 4 rings (SSSR count). The Bertz CT molecular complexity index is 899. The molecule has 28 heavy (non-hydrogen) atoms. The van der Waals surface area contributed by atoms with Crippen LogP contribution < -0.4 is 10.2 Å². The first-order valence-electron chi connectivity index (χ1n) is 9.70. The van der Waals surface area contributed by atoms with Crippen LogP contribution in [-0.2, 0) is 23.3 Å². The van der Waals surface area contributed by atoms with E-state index in [-0.39, 0.29) is 11.9 Å². The van der Waals surface area contributed by atoms with E-state index in [4.69, 9.17) is 0 Å². The molecule has 1 aliphatic heterocycles. The van der Waals surface area contributed by atoms with E-state index in [1.165, 1.54) is 20.9 Å². The number of carbonyl (C=O) groups is 2. The quantitative estimate of drug-likeness (QED) is 0.602. The number of urea groups is 1. The summed E-state index contributed by atoms with van der Waals surface area (Å²) in [4.78, 5) is 29.8. The van der Waals surface area contributed by atoms with E-state index in [0.717, 1.165) is 29.8 Å². The van der Waals surface area contributed by atoms with E-state index in [1.807, 2.05) is 25.2 Å². The summed E-state index contributed by atoms with van der Waals surface area (Å²) < 4.78 is 0.